The normalized spacial score (nSPS) is 12.4. The first-order valence-corrected chi connectivity index (χ1v) is 6.52. The van der Waals surface area contributed by atoms with E-state index in [1.807, 2.05) is 13.8 Å². The van der Waals surface area contributed by atoms with Gasteiger partial charge in [-0.15, -0.1) is 0 Å². The average molecular weight is 287 g/mol. The summed E-state index contributed by atoms with van der Waals surface area (Å²) in [6.07, 6.45) is -1.40. The zero-order valence-corrected chi connectivity index (χ0v) is 12.3. The van der Waals surface area contributed by atoms with E-state index in [4.69, 9.17) is 21.1 Å². The highest BCUT2D eigenvalue weighted by Crippen LogP contribution is 2.36. The van der Waals surface area contributed by atoms with E-state index in [1.54, 1.807) is 19.1 Å². The van der Waals surface area contributed by atoms with Gasteiger partial charge < -0.3 is 14.6 Å². The number of benzene rings is 1. The molecule has 5 heteroatoms. The molecule has 0 aromatic heterocycles. The van der Waals surface area contributed by atoms with Crippen LogP contribution in [0.4, 0.5) is 0 Å². The van der Waals surface area contributed by atoms with Crippen LogP contribution in [0.2, 0.25) is 5.02 Å². The Morgan fingerprint density at radius 1 is 1.42 bits per heavy atom. The molecule has 1 rings (SSSR count). The molecular formula is C14H19ClO4. The quantitative estimate of drug-likeness (QED) is 0.845. The summed E-state index contributed by atoms with van der Waals surface area (Å²) < 4.78 is 9.97. The fourth-order valence-corrected chi connectivity index (χ4v) is 2.05. The number of methoxy groups -OCH3 is 1. The molecule has 0 spiro atoms. The lowest BCUT2D eigenvalue weighted by atomic mass is 9.97. The zero-order valence-electron chi connectivity index (χ0n) is 11.6. The number of carbonyl (C=O) groups excluding carboxylic acids is 1. The molecule has 0 aliphatic rings. The van der Waals surface area contributed by atoms with Gasteiger partial charge >= 0.3 is 5.97 Å². The minimum atomic E-state index is -1.40. The molecule has 0 amide bonds. The number of hydrogen-bond donors (Lipinski definition) is 1. The lowest BCUT2D eigenvalue weighted by Gasteiger charge is -2.17. The average Bonchev–Trinajstić information content (AvgIpc) is 2.36. The molecule has 106 valence electrons. The lowest BCUT2D eigenvalue weighted by Crippen LogP contribution is -2.16. The molecule has 0 aliphatic heterocycles. The van der Waals surface area contributed by atoms with Crippen molar-refractivity contribution in [3.05, 3.63) is 28.3 Å². The van der Waals surface area contributed by atoms with Crippen molar-refractivity contribution in [2.45, 2.75) is 32.8 Å². The number of rotatable bonds is 5. The summed E-state index contributed by atoms with van der Waals surface area (Å²) in [5.41, 5.74) is 1.25. The Morgan fingerprint density at radius 2 is 2.05 bits per heavy atom. The molecule has 4 nitrogen and oxygen atoms in total. The van der Waals surface area contributed by atoms with E-state index in [0.29, 0.717) is 16.3 Å². The van der Waals surface area contributed by atoms with Crippen molar-refractivity contribution < 1.29 is 19.4 Å². The Hall–Kier alpha value is -1.26. The van der Waals surface area contributed by atoms with Crippen LogP contribution in [0, 0.1) is 0 Å². The van der Waals surface area contributed by atoms with Crippen molar-refractivity contribution in [1.29, 1.82) is 0 Å². The summed E-state index contributed by atoms with van der Waals surface area (Å²) in [5.74, 6) is -0.194. The maximum absolute atomic E-state index is 11.6. The summed E-state index contributed by atoms with van der Waals surface area (Å²) in [7, 11) is 1.44. The van der Waals surface area contributed by atoms with E-state index < -0.39 is 12.1 Å². The molecule has 1 N–H and O–H groups in total. The smallest absolute Gasteiger partial charge is 0.339 e. The van der Waals surface area contributed by atoms with Gasteiger partial charge in [0.25, 0.3) is 0 Å². The van der Waals surface area contributed by atoms with Crippen molar-refractivity contribution in [1.82, 2.24) is 0 Å². The van der Waals surface area contributed by atoms with Crippen molar-refractivity contribution in [2.24, 2.45) is 0 Å². The molecule has 1 atom stereocenters. The largest absolute Gasteiger partial charge is 0.495 e. The van der Waals surface area contributed by atoms with E-state index in [9.17, 15) is 9.90 Å². The summed E-state index contributed by atoms with van der Waals surface area (Å²) in [5, 5.41) is 10.4. The number of halogens is 1. The highest BCUT2D eigenvalue weighted by Gasteiger charge is 2.25. The maximum atomic E-state index is 11.6. The van der Waals surface area contributed by atoms with Gasteiger partial charge in [-0.1, -0.05) is 25.4 Å². The summed E-state index contributed by atoms with van der Waals surface area (Å²) in [4.78, 5) is 11.6. The van der Waals surface area contributed by atoms with Gasteiger partial charge in [-0.2, -0.15) is 0 Å². The lowest BCUT2D eigenvalue weighted by molar-refractivity contribution is -0.153. The predicted octanol–water partition coefficient (Wildman–Crippen LogP) is 3.07. The third kappa shape index (κ3) is 3.61. The predicted molar refractivity (Wildman–Crippen MR) is 73.7 cm³/mol. The van der Waals surface area contributed by atoms with E-state index in [-0.39, 0.29) is 12.5 Å². The molecule has 0 saturated heterocycles. The highest BCUT2D eigenvalue weighted by atomic mass is 35.5. The Labute approximate surface area is 118 Å². The topological polar surface area (TPSA) is 55.8 Å². The van der Waals surface area contributed by atoms with Crippen LogP contribution < -0.4 is 4.74 Å². The molecule has 0 fully saturated rings. The standard InChI is InChI=1S/C14H19ClO4/c1-5-19-14(17)12(16)10-6-9(8(2)3)7-11(15)13(10)18-4/h6-8,12,16H,5H2,1-4H3. The Kier molecular flexibility index (Phi) is 5.63. The fourth-order valence-electron chi connectivity index (χ4n) is 1.74. The molecule has 1 aromatic rings. The van der Waals surface area contributed by atoms with Crippen LogP contribution in [0.15, 0.2) is 12.1 Å². The SMILES string of the molecule is CCOC(=O)C(O)c1cc(C(C)C)cc(Cl)c1OC. The molecule has 1 aromatic carbocycles. The van der Waals surface area contributed by atoms with Gasteiger partial charge in [0.2, 0.25) is 0 Å². The molecule has 0 heterocycles. The monoisotopic (exact) mass is 286 g/mol. The van der Waals surface area contributed by atoms with Crippen LogP contribution in [-0.2, 0) is 9.53 Å². The van der Waals surface area contributed by atoms with Gasteiger partial charge in [0.05, 0.1) is 18.7 Å². The second-order valence-corrected chi connectivity index (χ2v) is 4.84. The zero-order chi connectivity index (χ0) is 14.6. The second-order valence-electron chi connectivity index (χ2n) is 4.43. The minimum Gasteiger partial charge on any atom is -0.495 e. The Balaban J connectivity index is 3.26. The van der Waals surface area contributed by atoms with Gasteiger partial charge in [0, 0.05) is 5.56 Å². The van der Waals surface area contributed by atoms with E-state index in [1.165, 1.54) is 7.11 Å². The van der Waals surface area contributed by atoms with Crippen LogP contribution in [0.3, 0.4) is 0 Å². The number of aliphatic hydroxyl groups excluding tert-OH is 1. The van der Waals surface area contributed by atoms with Crippen LogP contribution >= 0.6 is 11.6 Å². The Bertz CT molecular complexity index is 457. The first-order valence-electron chi connectivity index (χ1n) is 6.14. The minimum absolute atomic E-state index is 0.204. The number of carbonyl (C=O) groups is 1. The third-order valence-corrected chi connectivity index (χ3v) is 3.05. The number of ether oxygens (including phenoxy) is 2. The van der Waals surface area contributed by atoms with Crippen molar-refractivity contribution in [3.63, 3.8) is 0 Å². The van der Waals surface area contributed by atoms with Crippen LogP contribution in [0.5, 0.6) is 5.75 Å². The fraction of sp³-hybridized carbons (Fsp3) is 0.500. The first-order chi connectivity index (χ1) is 8.92. The van der Waals surface area contributed by atoms with Crippen LogP contribution in [0.25, 0.3) is 0 Å². The molecule has 0 radical (unpaired) electrons. The van der Waals surface area contributed by atoms with Crippen molar-refractivity contribution in [2.75, 3.05) is 13.7 Å². The van der Waals surface area contributed by atoms with Crippen LogP contribution in [0.1, 0.15) is 43.9 Å². The number of aliphatic hydroxyl groups is 1. The molecule has 0 aliphatic carbocycles. The molecule has 1 unspecified atom stereocenters. The van der Waals surface area contributed by atoms with Gasteiger partial charge in [-0.3, -0.25) is 0 Å². The first kappa shape index (κ1) is 15.8. The number of esters is 1. The maximum Gasteiger partial charge on any atom is 0.339 e. The van der Waals surface area contributed by atoms with Gasteiger partial charge in [0.1, 0.15) is 5.75 Å². The van der Waals surface area contributed by atoms with Crippen molar-refractivity contribution >= 4 is 17.6 Å². The summed E-state index contributed by atoms with van der Waals surface area (Å²) in [6, 6.07) is 3.49. The van der Waals surface area contributed by atoms with Crippen molar-refractivity contribution in [3.8, 4) is 5.75 Å². The van der Waals surface area contributed by atoms with E-state index in [0.717, 1.165) is 5.56 Å². The van der Waals surface area contributed by atoms with E-state index >= 15 is 0 Å². The molecule has 0 saturated carbocycles. The van der Waals surface area contributed by atoms with Gasteiger partial charge in [-0.25, -0.2) is 4.79 Å². The van der Waals surface area contributed by atoms with Gasteiger partial charge in [-0.05, 0) is 30.5 Å². The van der Waals surface area contributed by atoms with E-state index in [2.05, 4.69) is 0 Å². The second kappa shape index (κ2) is 6.78. The number of hydrogen-bond acceptors (Lipinski definition) is 4. The summed E-state index contributed by atoms with van der Waals surface area (Å²) >= 11 is 6.12. The molecule has 0 bridgehead atoms. The van der Waals surface area contributed by atoms with Gasteiger partial charge in [0.15, 0.2) is 6.10 Å². The van der Waals surface area contributed by atoms with Crippen LogP contribution in [-0.4, -0.2) is 24.8 Å². The molecular weight excluding hydrogens is 268 g/mol. The highest BCUT2D eigenvalue weighted by molar-refractivity contribution is 6.32. The summed E-state index contributed by atoms with van der Waals surface area (Å²) in [6.45, 7) is 5.88. The Morgan fingerprint density at radius 3 is 2.53 bits per heavy atom. The molecule has 19 heavy (non-hydrogen) atoms. The third-order valence-electron chi connectivity index (χ3n) is 2.77.